The van der Waals surface area contributed by atoms with Crippen molar-refractivity contribution < 1.29 is 4.74 Å². The molecule has 1 aromatic heterocycles. The molecule has 13 heavy (non-hydrogen) atoms. The smallest absolute Gasteiger partial charge is 0.0594 e. The predicted molar refractivity (Wildman–Crippen MR) is 49.4 cm³/mol. The molecule has 0 aliphatic carbocycles. The number of hydrogen-bond donors (Lipinski definition) is 1. The number of rotatable bonds is 2. The van der Waals surface area contributed by atoms with E-state index in [0.717, 1.165) is 26.3 Å². The molecule has 1 atom stereocenters. The van der Waals surface area contributed by atoms with Crippen molar-refractivity contribution in [3.8, 4) is 0 Å². The van der Waals surface area contributed by atoms with E-state index in [0.29, 0.717) is 6.04 Å². The molecule has 2 heterocycles. The highest BCUT2D eigenvalue weighted by atomic mass is 16.5. The number of nitrogens with one attached hydrogen (secondary N) is 1. The minimum absolute atomic E-state index is 0.423. The lowest BCUT2D eigenvalue weighted by Gasteiger charge is -2.31. The Morgan fingerprint density at radius 1 is 1.54 bits per heavy atom. The first-order valence-electron chi connectivity index (χ1n) is 4.69. The van der Waals surface area contributed by atoms with E-state index in [9.17, 15) is 0 Å². The van der Waals surface area contributed by atoms with Gasteiger partial charge in [0.2, 0.25) is 0 Å². The summed E-state index contributed by atoms with van der Waals surface area (Å²) in [7, 11) is 0. The molecule has 1 fully saturated rings. The normalized spacial score (nSPS) is 21.6. The van der Waals surface area contributed by atoms with Crippen molar-refractivity contribution >= 4 is 0 Å². The molecular weight excluding hydrogens is 166 g/mol. The number of aromatic amines is 1. The zero-order valence-electron chi connectivity index (χ0n) is 7.86. The molecule has 1 N–H and O–H groups in total. The van der Waals surface area contributed by atoms with Gasteiger partial charge in [-0.15, -0.1) is 0 Å². The van der Waals surface area contributed by atoms with Crippen LogP contribution in [0.15, 0.2) is 12.3 Å². The summed E-state index contributed by atoms with van der Waals surface area (Å²) in [5.41, 5.74) is 1.18. The SMILES string of the molecule is CC(c1ccn[nH]1)N1CCOCC1. The summed E-state index contributed by atoms with van der Waals surface area (Å²) >= 11 is 0. The van der Waals surface area contributed by atoms with Gasteiger partial charge in [-0.25, -0.2) is 0 Å². The fourth-order valence-electron chi connectivity index (χ4n) is 1.66. The van der Waals surface area contributed by atoms with Gasteiger partial charge in [-0.2, -0.15) is 5.10 Å². The molecule has 1 aliphatic rings. The second kappa shape index (κ2) is 3.89. The van der Waals surface area contributed by atoms with Crippen LogP contribution >= 0.6 is 0 Å². The Morgan fingerprint density at radius 3 is 2.92 bits per heavy atom. The molecule has 1 unspecified atom stereocenters. The second-order valence-electron chi connectivity index (χ2n) is 3.34. The van der Waals surface area contributed by atoms with E-state index in [4.69, 9.17) is 4.74 Å². The van der Waals surface area contributed by atoms with E-state index in [-0.39, 0.29) is 0 Å². The molecule has 0 aromatic carbocycles. The summed E-state index contributed by atoms with van der Waals surface area (Å²) in [6.07, 6.45) is 1.80. The maximum atomic E-state index is 5.30. The zero-order chi connectivity index (χ0) is 9.10. The number of nitrogens with zero attached hydrogens (tertiary/aromatic N) is 2. The highest BCUT2D eigenvalue weighted by Crippen LogP contribution is 2.18. The van der Waals surface area contributed by atoms with Gasteiger partial charge in [-0.05, 0) is 13.0 Å². The van der Waals surface area contributed by atoms with Crippen LogP contribution in [-0.4, -0.2) is 41.4 Å². The lowest BCUT2D eigenvalue weighted by Crippen LogP contribution is -2.38. The maximum Gasteiger partial charge on any atom is 0.0594 e. The van der Waals surface area contributed by atoms with Crippen molar-refractivity contribution in [1.82, 2.24) is 15.1 Å². The largest absolute Gasteiger partial charge is 0.379 e. The summed E-state index contributed by atoms with van der Waals surface area (Å²) in [5.74, 6) is 0. The van der Waals surface area contributed by atoms with Gasteiger partial charge in [0, 0.05) is 25.3 Å². The lowest BCUT2D eigenvalue weighted by molar-refractivity contribution is 0.0190. The third kappa shape index (κ3) is 1.89. The van der Waals surface area contributed by atoms with Crippen LogP contribution < -0.4 is 0 Å². The third-order valence-electron chi connectivity index (χ3n) is 2.57. The van der Waals surface area contributed by atoms with Gasteiger partial charge < -0.3 is 4.74 Å². The molecule has 0 saturated carbocycles. The van der Waals surface area contributed by atoms with Crippen molar-refractivity contribution in [2.24, 2.45) is 0 Å². The van der Waals surface area contributed by atoms with Gasteiger partial charge in [-0.1, -0.05) is 0 Å². The Hall–Kier alpha value is -0.870. The van der Waals surface area contributed by atoms with Gasteiger partial charge in [-0.3, -0.25) is 10.00 Å². The van der Waals surface area contributed by atoms with Crippen LogP contribution in [-0.2, 0) is 4.74 Å². The molecule has 0 bridgehead atoms. The quantitative estimate of drug-likeness (QED) is 0.733. The monoisotopic (exact) mass is 181 g/mol. The predicted octanol–water partition coefficient (Wildman–Crippen LogP) is 0.803. The highest BCUT2D eigenvalue weighted by molar-refractivity contribution is 5.03. The van der Waals surface area contributed by atoms with Crippen LogP contribution in [0.3, 0.4) is 0 Å². The first-order valence-corrected chi connectivity index (χ1v) is 4.69. The number of aromatic nitrogens is 2. The fraction of sp³-hybridized carbons (Fsp3) is 0.667. The fourth-order valence-corrected chi connectivity index (χ4v) is 1.66. The van der Waals surface area contributed by atoms with E-state index in [1.807, 2.05) is 6.07 Å². The Kier molecular flexibility index (Phi) is 2.61. The molecule has 1 aliphatic heterocycles. The highest BCUT2D eigenvalue weighted by Gasteiger charge is 2.18. The summed E-state index contributed by atoms with van der Waals surface area (Å²) in [6.45, 7) is 5.91. The van der Waals surface area contributed by atoms with Crippen molar-refractivity contribution in [3.05, 3.63) is 18.0 Å². The van der Waals surface area contributed by atoms with Gasteiger partial charge in [0.15, 0.2) is 0 Å². The van der Waals surface area contributed by atoms with Crippen LogP contribution in [0.4, 0.5) is 0 Å². The standard InChI is InChI=1S/C9H15N3O/c1-8(9-2-3-10-11-9)12-4-6-13-7-5-12/h2-3,8H,4-7H2,1H3,(H,10,11). The van der Waals surface area contributed by atoms with Gasteiger partial charge in [0.1, 0.15) is 0 Å². The molecule has 2 rings (SSSR count). The van der Waals surface area contributed by atoms with Gasteiger partial charge in [0.05, 0.1) is 18.9 Å². The Labute approximate surface area is 77.9 Å². The van der Waals surface area contributed by atoms with Crippen LogP contribution in [0.25, 0.3) is 0 Å². The Balaban J connectivity index is 1.99. The minimum Gasteiger partial charge on any atom is -0.379 e. The van der Waals surface area contributed by atoms with Crippen molar-refractivity contribution in [3.63, 3.8) is 0 Å². The molecule has 1 aromatic rings. The van der Waals surface area contributed by atoms with Gasteiger partial charge >= 0.3 is 0 Å². The molecule has 0 amide bonds. The molecule has 0 spiro atoms. The average molecular weight is 181 g/mol. The summed E-state index contributed by atoms with van der Waals surface area (Å²) < 4.78 is 5.30. The van der Waals surface area contributed by atoms with Crippen LogP contribution in [0, 0.1) is 0 Å². The Bertz CT molecular complexity index is 241. The minimum atomic E-state index is 0.423. The molecule has 1 saturated heterocycles. The molecular formula is C9H15N3O. The lowest BCUT2D eigenvalue weighted by atomic mass is 10.2. The Morgan fingerprint density at radius 2 is 2.31 bits per heavy atom. The number of H-pyrrole nitrogens is 1. The molecule has 0 radical (unpaired) electrons. The van der Waals surface area contributed by atoms with E-state index in [1.54, 1.807) is 6.20 Å². The zero-order valence-corrected chi connectivity index (χ0v) is 7.86. The summed E-state index contributed by atoms with van der Waals surface area (Å²) in [6, 6.07) is 2.45. The first kappa shape index (κ1) is 8.72. The molecule has 72 valence electrons. The van der Waals surface area contributed by atoms with Crippen molar-refractivity contribution in [1.29, 1.82) is 0 Å². The van der Waals surface area contributed by atoms with E-state index in [1.165, 1.54) is 5.69 Å². The second-order valence-corrected chi connectivity index (χ2v) is 3.34. The first-order chi connectivity index (χ1) is 6.38. The summed E-state index contributed by atoms with van der Waals surface area (Å²) in [5, 5.41) is 6.96. The number of hydrogen-bond acceptors (Lipinski definition) is 3. The number of morpholine rings is 1. The topological polar surface area (TPSA) is 41.2 Å². The van der Waals surface area contributed by atoms with Crippen LogP contribution in [0.1, 0.15) is 18.7 Å². The molecule has 4 nitrogen and oxygen atoms in total. The third-order valence-corrected chi connectivity index (χ3v) is 2.57. The van der Waals surface area contributed by atoms with Gasteiger partial charge in [0.25, 0.3) is 0 Å². The van der Waals surface area contributed by atoms with E-state index >= 15 is 0 Å². The van der Waals surface area contributed by atoms with Crippen molar-refractivity contribution in [2.75, 3.05) is 26.3 Å². The van der Waals surface area contributed by atoms with E-state index < -0.39 is 0 Å². The maximum absolute atomic E-state index is 5.30. The number of ether oxygens (including phenoxy) is 1. The summed E-state index contributed by atoms with van der Waals surface area (Å²) in [4.78, 5) is 2.40. The van der Waals surface area contributed by atoms with Crippen LogP contribution in [0.2, 0.25) is 0 Å². The average Bonchev–Trinajstić information content (AvgIpc) is 2.71. The van der Waals surface area contributed by atoms with E-state index in [2.05, 4.69) is 22.0 Å². The van der Waals surface area contributed by atoms with Crippen molar-refractivity contribution in [2.45, 2.75) is 13.0 Å². The molecule has 4 heteroatoms. The van der Waals surface area contributed by atoms with Crippen LogP contribution in [0.5, 0.6) is 0 Å².